The predicted molar refractivity (Wildman–Crippen MR) is 153 cm³/mol. The van der Waals surface area contributed by atoms with Gasteiger partial charge in [0, 0.05) is 47.2 Å². The molecule has 1 aliphatic rings. The van der Waals surface area contributed by atoms with E-state index in [0.29, 0.717) is 52.3 Å². The molecule has 1 saturated heterocycles. The lowest BCUT2D eigenvalue weighted by Gasteiger charge is -2.39. The van der Waals surface area contributed by atoms with Crippen LogP contribution in [0, 0.1) is 5.82 Å². The van der Waals surface area contributed by atoms with Crippen LogP contribution in [0.3, 0.4) is 0 Å². The van der Waals surface area contributed by atoms with Crippen LogP contribution in [0.25, 0.3) is 27.7 Å². The number of hydrogen-bond acceptors (Lipinski definition) is 4. The highest BCUT2D eigenvalue weighted by molar-refractivity contribution is 6.34. The van der Waals surface area contributed by atoms with Gasteiger partial charge in [-0.15, -0.1) is 0 Å². The van der Waals surface area contributed by atoms with E-state index in [0.717, 1.165) is 16.8 Å². The van der Waals surface area contributed by atoms with Crippen molar-refractivity contribution in [1.82, 2.24) is 14.5 Å². The minimum Gasteiger partial charge on any atom is -0.465 e. The Balaban J connectivity index is 1.84. The Morgan fingerprint density at radius 3 is 2.36 bits per heavy atom. The number of carboxylic acid groups (broad SMARTS) is 1. The zero-order valence-electron chi connectivity index (χ0n) is 22.1. The van der Waals surface area contributed by atoms with Crippen molar-refractivity contribution in [2.24, 2.45) is 0 Å². The summed E-state index contributed by atoms with van der Waals surface area (Å²) < 4.78 is 16.5. The molecule has 0 saturated carbocycles. The Labute approximate surface area is 231 Å². The van der Waals surface area contributed by atoms with Gasteiger partial charge in [-0.05, 0) is 49.1 Å². The second-order valence-corrected chi connectivity index (χ2v) is 10.2. The highest BCUT2D eigenvalue weighted by Gasteiger charge is 2.30. The van der Waals surface area contributed by atoms with Gasteiger partial charge in [-0.2, -0.15) is 4.98 Å². The standard InChI is InChI=1S/C30H30ClFN4O3/c1-4-19-9-8-10-20(5-2)27(19)36-26-16-22(21-11-6-7-12-25(21)32)24(31)15-23(26)28(33-29(36)37)35-14-13-34(30(38)39)17-18(35)3/h6-12,15-16,18H,4-5,13-14,17H2,1-3H3,(H,38,39). The van der Waals surface area contributed by atoms with Crippen molar-refractivity contribution in [3.63, 3.8) is 0 Å². The van der Waals surface area contributed by atoms with Gasteiger partial charge in [0.05, 0.1) is 11.2 Å². The van der Waals surface area contributed by atoms with Crippen LogP contribution in [-0.4, -0.2) is 51.3 Å². The molecule has 3 aromatic carbocycles. The Morgan fingerprint density at radius 1 is 1.05 bits per heavy atom. The molecule has 5 rings (SSSR count). The van der Waals surface area contributed by atoms with Gasteiger partial charge in [0.15, 0.2) is 0 Å². The largest absolute Gasteiger partial charge is 0.465 e. The van der Waals surface area contributed by atoms with Crippen molar-refractivity contribution < 1.29 is 14.3 Å². The van der Waals surface area contributed by atoms with E-state index in [2.05, 4.69) is 4.98 Å². The average Bonchev–Trinajstić information content (AvgIpc) is 2.92. The first-order valence-corrected chi connectivity index (χ1v) is 13.5. The highest BCUT2D eigenvalue weighted by Crippen LogP contribution is 2.38. The number of amides is 1. The molecule has 7 nitrogen and oxygen atoms in total. The molecule has 0 radical (unpaired) electrons. The van der Waals surface area contributed by atoms with E-state index < -0.39 is 17.6 Å². The van der Waals surface area contributed by atoms with Crippen molar-refractivity contribution in [3.8, 4) is 16.8 Å². The quantitative estimate of drug-likeness (QED) is 0.323. The second-order valence-electron chi connectivity index (χ2n) is 9.79. The third-order valence-corrected chi connectivity index (χ3v) is 7.80. The van der Waals surface area contributed by atoms with Gasteiger partial charge in [0.25, 0.3) is 0 Å². The van der Waals surface area contributed by atoms with Gasteiger partial charge in [-0.3, -0.25) is 4.57 Å². The number of aromatic nitrogens is 2. The molecule has 1 fully saturated rings. The van der Waals surface area contributed by atoms with Gasteiger partial charge in [0.2, 0.25) is 0 Å². The predicted octanol–water partition coefficient (Wildman–Crippen LogP) is 6.16. The molecule has 1 aromatic heterocycles. The maximum atomic E-state index is 14.9. The summed E-state index contributed by atoms with van der Waals surface area (Å²) in [7, 11) is 0. The molecule has 202 valence electrons. The number of para-hydroxylation sites is 1. The average molecular weight is 549 g/mol. The minimum atomic E-state index is -0.976. The van der Waals surface area contributed by atoms with E-state index >= 15 is 0 Å². The number of carbonyl (C=O) groups is 1. The molecule has 0 bridgehead atoms. The van der Waals surface area contributed by atoms with Gasteiger partial charge in [-0.25, -0.2) is 14.0 Å². The fraction of sp³-hybridized carbons (Fsp3) is 0.300. The topological polar surface area (TPSA) is 78.7 Å². The van der Waals surface area contributed by atoms with E-state index in [1.807, 2.05) is 43.9 Å². The number of anilines is 1. The van der Waals surface area contributed by atoms with Crippen molar-refractivity contribution >= 4 is 34.4 Å². The number of hydrogen-bond donors (Lipinski definition) is 1. The highest BCUT2D eigenvalue weighted by atomic mass is 35.5. The van der Waals surface area contributed by atoms with Crippen LogP contribution in [0.4, 0.5) is 15.0 Å². The molecule has 1 unspecified atom stereocenters. The van der Waals surface area contributed by atoms with Crippen molar-refractivity contribution in [2.75, 3.05) is 24.5 Å². The second kappa shape index (κ2) is 10.7. The number of aryl methyl sites for hydroxylation is 2. The summed E-state index contributed by atoms with van der Waals surface area (Å²) in [6.45, 7) is 6.92. The molecule has 0 spiro atoms. The van der Waals surface area contributed by atoms with Crippen LogP contribution in [0.15, 0.2) is 59.4 Å². The lowest BCUT2D eigenvalue weighted by atomic mass is 10.00. The number of halogens is 2. The van der Waals surface area contributed by atoms with E-state index in [9.17, 15) is 19.1 Å². The number of rotatable bonds is 5. The number of benzene rings is 3. The molecule has 9 heteroatoms. The number of fused-ring (bicyclic) bond motifs is 1. The maximum Gasteiger partial charge on any atom is 0.407 e. The first-order chi connectivity index (χ1) is 18.7. The summed E-state index contributed by atoms with van der Waals surface area (Å²) in [6, 6.07) is 15.7. The van der Waals surface area contributed by atoms with Gasteiger partial charge < -0.3 is 14.9 Å². The Morgan fingerprint density at radius 2 is 1.74 bits per heavy atom. The molecule has 1 aliphatic heterocycles. The summed E-state index contributed by atoms with van der Waals surface area (Å²) in [4.78, 5) is 33.4. The molecule has 1 N–H and O–H groups in total. The normalized spacial score (nSPS) is 15.7. The fourth-order valence-electron chi connectivity index (χ4n) is 5.50. The third-order valence-electron chi connectivity index (χ3n) is 7.48. The van der Waals surface area contributed by atoms with Crippen LogP contribution >= 0.6 is 11.6 Å². The van der Waals surface area contributed by atoms with Crippen molar-refractivity contribution in [3.05, 3.63) is 87.0 Å². The Hall–Kier alpha value is -3.91. The molecule has 39 heavy (non-hydrogen) atoms. The monoisotopic (exact) mass is 548 g/mol. The summed E-state index contributed by atoms with van der Waals surface area (Å²) >= 11 is 6.79. The van der Waals surface area contributed by atoms with Gasteiger partial charge in [-0.1, -0.05) is 61.8 Å². The van der Waals surface area contributed by atoms with Crippen molar-refractivity contribution in [1.29, 1.82) is 0 Å². The molecule has 4 aromatic rings. The Bertz CT molecular complexity index is 1610. The third kappa shape index (κ3) is 4.74. The maximum absolute atomic E-state index is 14.9. The van der Waals surface area contributed by atoms with E-state index in [4.69, 9.17) is 11.6 Å². The van der Waals surface area contributed by atoms with Gasteiger partial charge >= 0.3 is 11.8 Å². The van der Waals surface area contributed by atoms with Crippen LogP contribution in [0.5, 0.6) is 0 Å². The minimum absolute atomic E-state index is 0.222. The molecular formula is C30H30ClFN4O3. The molecule has 2 heterocycles. The molecular weight excluding hydrogens is 519 g/mol. The number of nitrogens with zero attached hydrogens (tertiary/aromatic N) is 4. The van der Waals surface area contributed by atoms with E-state index in [-0.39, 0.29) is 19.1 Å². The zero-order valence-corrected chi connectivity index (χ0v) is 22.9. The van der Waals surface area contributed by atoms with Crippen LogP contribution in [0.1, 0.15) is 31.9 Å². The SMILES string of the molecule is CCc1cccc(CC)c1-n1c(=O)nc(N2CCN(C(=O)O)CC2C)c2cc(Cl)c(-c3ccccc3F)cc21. The zero-order chi connectivity index (χ0) is 27.8. The Kier molecular flexibility index (Phi) is 7.32. The number of piperazine rings is 1. The smallest absolute Gasteiger partial charge is 0.407 e. The molecule has 0 aliphatic carbocycles. The summed E-state index contributed by atoms with van der Waals surface area (Å²) in [5, 5.41) is 10.5. The summed E-state index contributed by atoms with van der Waals surface area (Å²) in [5.41, 5.74) is 3.70. The first kappa shape index (κ1) is 26.7. The molecule has 1 atom stereocenters. The fourth-order valence-corrected chi connectivity index (χ4v) is 5.76. The van der Waals surface area contributed by atoms with Gasteiger partial charge in [0.1, 0.15) is 11.6 Å². The summed E-state index contributed by atoms with van der Waals surface area (Å²) in [6.07, 6.45) is 0.442. The van der Waals surface area contributed by atoms with E-state index in [1.54, 1.807) is 34.9 Å². The lowest BCUT2D eigenvalue weighted by molar-refractivity contribution is 0.136. The van der Waals surface area contributed by atoms with Crippen molar-refractivity contribution in [2.45, 2.75) is 39.7 Å². The van der Waals surface area contributed by atoms with Crippen LogP contribution in [-0.2, 0) is 12.8 Å². The summed E-state index contributed by atoms with van der Waals surface area (Å²) in [5.74, 6) is 0.0290. The molecule has 1 amide bonds. The van der Waals surface area contributed by atoms with E-state index in [1.165, 1.54) is 11.0 Å². The lowest BCUT2D eigenvalue weighted by Crippen LogP contribution is -2.54. The van der Waals surface area contributed by atoms with Crippen LogP contribution < -0.4 is 10.6 Å². The van der Waals surface area contributed by atoms with Crippen LogP contribution in [0.2, 0.25) is 5.02 Å². The first-order valence-electron chi connectivity index (χ1n) is 13.1.